The number of likely N-dealkylation sites (tertiary alicyclic amines) is 1. The summed E-state index contributed by atoms with van der Waals surface area (Å²) in [4.78, 5) is 17.9. The molecule has 2 aliphatic heterocycles. The van der Waals surface area contributed by atoms with Gasteiger partial charge in [0.05, 0.1) is 19.7 Å². The highest BCUT2D eigenvalue weighted by Gasteiger charge is 2.56. The fraction of sp³-hybridized carbons (Fsp3) is 0.647. The first-order valence-corrected chi connectivity index (χ1v) is 8.37. The van der Waals surface area contributed by atoms with Gasteiger partial charge in [-0.05, 0) is 31.4 Å². The van der Waals surface area contributed by atoms with Crippen molar-refractivity contribution in [3.05, 3.63) is 24.1 Å². The zero-order valence-corrected chi connectivity index (χ0v) is 13.3. The molecule has 1 atom stereocenters. The van der Waals surface area contributed by atoms with Crippen LogP contribution in [0.25, 0.3) is 0 Å². The van der Waals surface area contributed by atoms with Crippen LogP contribution in [-0.4, -0.2) is 53.9 Å². The summed E-state index contributed by atoms with van der Waals surface area (Å²) in [7, 11) is 0. The van der Waals surface area contributed by atoms with Gasteiger partial charge in [0.15, 0.2) is 5.82 Å². The molecule has 2 saturated heterocycles. The van der Waals surface area contributed by atoms with Crippen molar-refractivity contribution in [1.29, 1.82) is 0 Å². The molecule has 1 amide bonds. The van der Waals surface area contributed by atoms with Crippen molar-refractivity contribution in [2.24, 2.45) is 11.8 Å². The monoisotopic (exact) mass is 338 g/mol. The molecule has 1 aromatic rings. The molecule has 3 fully saturated rings. The van der Waals surface area contributed by atoms with E-state index in [1.807, 2.05) is 0 Å². The molecule has 1 saturated carbocycles. The number of carbonyl (C=O) groups is 1. The Hall–Kier alpha value is -1.76. The van der Waals surface area contributed by atoms with Crippen molar-refractivity contribution in [2.45, 2.75) is 31.0 Å². The third kappa shape index (κ3) is 2.64. The number of pyridine rings is 1. The summed E-state index contributed by atoms with van der Waals surface area (Å²) in [6.07, 6.45) is 2.15. The van der Waals surface area contributed by atoms with Crippen LogP contribution < -0.4 is 4.74 Å². The van der Waals surface area contributed by atoms with Crippen molar-refractivity contribution in [3.63, 3.8) is 0 Å². The maximum absolute atomic E-state index is 13.6. The Balaban J connectivity index is 1.33. The molecule has 1 unspecified atom stereocenters. The minimum atomic E-state index is -0.827. The van der Waals surface area contributed by atoms with Gasteiger partial charge in [-0.3, -0.25) is 4.79 Å². The van der Waals surface area contributed by atoms with Crippen molar-refractivity contribution in [1.82, 2.24) is 9.88 Å². The smallest absolute Gasteiger partial charge is 0.250 e. The zero-order chi connectivity index (χ0) is 16.7. The van der Waals surface area contributed by atoms with E-state index in [0.717, 1.165) is 6.42 Å². The standard InChI is InChI=1S/C17H20F2N2O3/c18-13-6-11(7-13)16(22)21-9-17(10-21)12(3-5-24-17)8-23-15-14(19)2-1-4-20-15/h1-2,4,11-13H,3,5-10H2. The molecule has 4 rings (SSSR count). The minimum Gasteiger partial charge on any atom is -0.475 e. The van der Waals surface area contributed by atoms with Crippen molar-refractivity contribution in [3.8, 4) is 5.88 Å². The van der Waals surface area contributed by atoms with Crippen LogP contribution in [0.15, 0.2) is 18.3 Å². The summed E-state index contributed by atoms with van der Waals surface area (Å²) >= 11 is 0. The maximum Gasteiger partial charge on any atom is 0.250 e. The van der Waals surface area contributed by atoms with E-state index in [1.165, 1.54) is 18.3 Å². The van der Waals surface area contributed by atoms with Gasteiger partial charge >= 0.3 is 0 Å². The average Bonchev–Trinajstić information content (AvgIpc) is 2.93. The van der Waals surface area contributed by atoms with Crippen LogP contribution in [0.1, 0.15) is 19.3 Å². The highest BCUT2D eigenvalue weighted by molar-refractivity contribution is 5.81. The Morgan fingerprint density at radius 2 is 2.25 bits per heavy atom. The summed E-state index contributed by atoms with van der Waals surface area (Å²) in [6, 6.07) is 2.82. The predicted molar refractivity (Wildman–Crippen MR) is 80.7 cm³/mol. The number of hydrogen-bond donors (Lipinski definition) is 0. The lowest BCUT2D eigenvalue weighted by molar-refractivity contribution is -0.174. The van der Waals surface area contributed by atoms with Gasteiger partial charge in [0.2, 0.25) is 11.8 Å². The number of alkyl halides is 1. The molecule has 24 heavy (non-hydrogen) atoms. The quantitative estimate of drug-likeness (QED) is 0.842. The number of ether oxygens (including phenoxy) is 2. The van der Waals surface area contributed by atoms with E-state index in [4.69, 9.17) is 9.47 Å². The van der Waals surface area contributed by atoms with E-state index >= 15 is 0 Å². The molecule has 0 bridgehead atoms. The van der Waals surface area contributed by atoms with E-state index in [-0.39, 0.29) is 23.6 Å². The van der Waals surface area contributed by atoms with E-state index in [1.54, 1.807) is 4.90 Å². The van der Waals surface area contributed by atoms with Crippen LogP contribution in [0.3, 0.4) is 0 Å². The Labute approximate surface area is 138 Å². The number of amides is 1. The molecule has 1 aromatic heterocycles. The fourth-order valence-electron chi connectivity index (χ4n) is 3.79. The topological polar surface area (TPSA) is 51.7 Å². The lowest BCUT2D eigenvalue weighted by Gasteiger charge is -2.51. The Morgan fingerprint density at radius 3 is 2.96 bits per heavy atom. The van der Waals surface area contributed by atoms with Crippen LogP contribution in [0.5, 0.6) is 5.88 Å². The predicted octanol–water partition coefficient (Wildman–Crippen LogP) is 1.97. The molecule has 0 aromatic carbocycles. The van der Waals surface area contributed by atoms with Crippen LogP contribution in [0.2, 0.25) is 0 Å². The largest absolute Gasteiger partial charge is 0.475 e. The summed E-state index contributed by atoms with van der Waals surface area (Å²) in [5.74, 6) is -0.535. The van der Waals surface area contributed by atoms with Crippen molar-refractivity contribution in [2.75, 3.05) is 26.3 Å². The first kappa shape index (κ1) is 15.7. The third-order valence-electron chi connectivity index (χ3n) is 5.40. The van der Waals surface area contributed by atoms with E-state index in [0.29, 0.717) is 39.1 Å². The highest BCUT2D eigenvalue weighted by atomic mass is 19.1. The molecule has 0 radical (unpaired) electrons. The van der Waals surface area contributed by atoms with Gasteiger partial charge in [0.1, 0.15) is 11.8 Å². The van der Waals surface area contributed by atoms with Gasteiger partial charge in [-0.15, -0.1) is 0 Å². The average molecular weight is 338 g/mol. The number of carbonyl (C=O) groups excluding carboxylic acids is 1. The van der Waals surface area contributed by atoms with Crippen LogP contribution in [-0.2, 0) is 9.53 Å². The van der Waals surface area contributed by atoms with Crippen LogP contribution in [0.4, 0.5) is 8.78 Å². The molecule has 3 heterocycles. The maximum atomic E-state index is 13.6. The Bertz CT molecular complexity index is 630. The summed E-state index contributed by atoms with van der Waals surface area (Å²) in [5.41, 5.74) is -0.403. The van der Waals surface area contributed by atoms with E-state index in [2.05, 4.69) is 4.98 Å². The zero-order valence-electron chi connectivity index (χ0n) is 13.3. The van der Waals surface area contributed by atoms with E-state index < -0.39 is 17.6 Å². The Morgan fingerprint density at radius 1 is 1.46 bits per heavy atom. The SMILES string of the molecule is O=C(C1CC(F)C1)N1CC2(C1)OCCC2COc1ncccc1F. The van der Waals surface area contributed by atoms with Crippen molar-refractivity contribution >= 4 is 5.91 Å². The first-order valence-electron chi connectivity index (χ1n) is 8.37. The normalized spacial score (nSPS) is 30.8. The molecule has 5 nitrogen and oxygen atoms in total. The lowest BCUT2D eigenvalue weighted by atomic mass is 9.77. The number of aromatic nitrogens is 1. The number of hydrogen-bond acceptors (Lipinski definition) is 4. The summed E-state index contributed by atoms with van der Waals surface area (Å²) in [6.45, 7) is 1.94. The second-order valence-corrected chi connectivity index (χ2v) is 6.96. The molecule has 1 spiro atoms. The number of rotatable bonds is 4. The lowest BCUT2D eigenvalue weighted by Crippen LogP contribution is -2.68. The van der Waals surface area contributed by atoms with Gasteiger partial charge in [-0.2, -0.15) is 0 Å². The first-order chi connectivity index (χ1) is 11.6. The molecule has 7 heteroatoms. The van der Waals surface area contributed by atoms with Gasteiger partial charge in [0, 0.05) is 24.6 Å². The molecular formula is C17H20F2N2O3. The highest BCUT2D eigenvalue weighted by Crippen LogP contribution is 2.42. The van der Waals surface area contributed by atoms with Gasteiger partial charge in [-0.1, -0.05) is 0 Å². The number of halogens is 2. The molecule has 3 aliphatic rings. The second-order valence-electron chi connectivity index (χ2n) is 6.96. The van der Waals surface area contributed by atoms with E-state index in [9.17, 15) is 13.6 Å². The Kier molecular flexibility index (Phi) is 3.90. The molecule has 130 valence electrons. The van der Waals surface area contributed by atoms with Crippen LogP contribution in [0, 0.1) is 17.7 Å². The molecule has 0 N–H and O–H groups in total. The third-order valence-corrected chi connectivity index (χ3v) is 5.40. The summed E-state index contributed by atoms with van der Waals surface area (Å²) < 4.78 is 37.9. The van der Waals surface area contributed by atoms with Crippen LogP contribution >= 0.6 is 0 Å². The number of nitrogens with zero attached hydrogens (tertiary/aromatic N) is 2. The van der Waals surface area contributed by atoms with Gasteiger partial charge < -0.3 is 14.4 Å². The van der Waals surface area contributed by atoms with Gasteiger partial charge in [0.25, 0.3) is 0 Å². The van der Waals surface area contributed by atoms with Gasteiger partial charge in [-0.25, -0.2) is 13.8 Å². The summed E-state index contributed by atoms with van der Waals surface area (Å²) in [5, 5.41) is 0. The molecule has 1 aliphatic carbocycles. The minimum absolute atomic E-state index is 0.00439. The molecular weight excluding hydrogens is 318 g/mol. The fourth-order valence-corrected chi connectivity index (χ4v) is 3.79. The second kappa shape index (κ2) is 5.95. The van der Waals surface area contributed by atoms with Crippen molar-refractivity contribution < 1.29 is 23.0 Å².